The van der Waals surface area contributed by atoms with Crippen LogP contribution in [0, 0.1) is 0 Å². The van der Waals surface area contributed by atoms with Crippen molar-refractivity contribution >= 4 is 52.3 Å². The molecule has 0 amide bonds. The topological polar surface area (TPSA) is 115 Å². The predicted molar refractivity (Wildman–Crippen MR) is 213 cm³/mol. The molecule has 1 atom stereocenters. The maximum atomic E-state index is 13.3. The van der Waals surface area contributed by atoms with Crippen LogP contribution >= 0.6 is 0 Å². The number of phenols is 1. The minimum absolute atomic E-state index is 0. The number of fused-ring (bicyclic) bond motifs is 8. The molecule has 5 heterocycles. The van der Waals surface area contributed by atoms with E-state index < -0.39 is 11.9 Å². The van der Waals surface area contributed by atoms with Crippen LogP contribution in [-0.2, 0) is 24.3 Å². The quantitative estimate of drug-likeness (QED) is 0.126. The summed E-state index contributed by atoms with van der Waals surface area (Å²) >= 11 is 0. The van der Waals surface area contributed by atoms with Gasteiger partial charge in [-0.15, -0.1) is 0 Å². The number of benzene rings is 4. The van der Waals surface area contributed by atoms with Gasteiger partial charge in [0.15, 0.2) is 0 Å². The Kier molecular flexibility index (Phi) is 9.20. The number of phenolic OH excluding ortho intramolecular Hbond substituents is 1. The van der Waals surface area contributed by atoms with Gasteiger partial charge in [-0.1, -0.05) is 103 Å². The molecular weight excluding hydrogens is 722 g/mol. The van der Waals surface area contributed by atoms with Gasteiger partial charge >= 0.3 is 5.97 Å². The van der Waals surface area contributed by atoms with E-state index in [0.29, 0.717) is 28.0 Å². The van der Waals surface area contributed by atoms with Gasteiger partial charge in [0.05, 0.1) is 22.8 Å². The average molecular weight is 754 g/mol. The molecule has 0 saturated heterocycles. The summed E-state index contributed by atoms with van der Waals surface area (Å²) in [5, 5.41) is 21.0. The Morgan fingerprint density at radius 1 is 0.481 bits per heavy atom. The van der Waals surface area contributed by atoms with E-state index >= 15 is 0 Å². The summed E-state index contributed by atoms with van der Waals surface area (Å²) in [6, 6.07) is 44.8. The first-order valence-electron chi connectivity index (χ1n) is 17.4. The smallest absolute Gasteiger partial charge is 0.315 e. The zero-order valence-corrected chi connectivity index (χ0v) is 32.0. The first kappa shape index (κ1) is 34.5. The van der Waals surface area contributed by atoms with Crippen LogP contribution in [-0.4, -0.2) is 36.1 Å². The molecule has 4 aromatic carbocycles. The van der Waals surface area contributed by atoms with Crippen LogP contribution in [0.5, 0.6) is 5.75 Å². The van der Waals surface area contributed by atoms with Gasteiger partial charge < -0.3 is 20.2 Å². The predicted octanol–water partition coefficient (Wildman–Crippen LogP) is 10.6. The van der Waals surface area contributed by atoms with Gasteiger partial charge in [0.2, 0.25) is 0 Å². The number of carboxylic acids is 1. The first-order valence-corrected chi connectivity index (χ1v) is 17.4. The molecule has 0 spiro atoms. The Labute approximate surface area is 323 Å². The molecule has 7 aromatic rings. The monoisotopic (exact) mass is 752 g/mol. The Morgan fingerprint density at radius 2 is 0.852 bits per heavy atom. The number of hydrogen-bond donors (Lipinski definition) is 4. The van der Waals surface area contributed by atoms with Gasteiger partial charge in [-0.3, -0.25) is 4.79 Å². The van der Waals surface area contributed by atoms with Crippen LogP contribution in [0.25, 0.3) is 79.8 Å². The number of carbonyl (C=O) groups is 1. The van der Waals surface area contributed by atoms with Crippen molar-refractivity contribution in [3.05, 3.63) is 173 Å². The summed E-state index contributed by atoms with van der Waals surface area (Å²) in [6.07, 6.45) is 7.93. The molecule has 0 aliphatic carbocycles. The molecule has 256 valence electrons. The maximum Gasteiger partial charge on any atom is 0.315 e. The van der Waals surface area contributed by atoms with Crippen molar-refractivity contribution in [1.82, 2.24) is 19.9 Å². The van der Waals surface area contributed by atoms with Gasteiger partial charge in [0.1, 0.15) is 11.7 Å². The van der Waals surface area contributed by atoms with Gasteiger partial charge in [-0.05, 0) is 83.0 Å². The molecule has 9 rings (SSSR count). The van der Waals surface area contributed by atoms with Gasteiger partial charge in [0, 0.05) is 63.8 Å². The second kappa shape index (κ2) is 14.4. The number of aromatic amines is 2. The molecule has 8 bridgehead atoms. The van der Waals surface area contributed by atoms with E-state index in [0.717, 1.165) is 61.3 Å². The van der Waals surface area contributed by atoms with Crippen molar-refractivity contribution in [2.24, 2.45) is 0 Å². The van der Waals surface area contributed by atoms with Crippen molar-refractivity contribution in [3.8, 4) is 39.1 Å². The summed E-state index contributed by atoms with van der Waals surface area (Å²) in [5.41, 5.74) is 12.6. The summed E-state index contributed by atoms with van der Waals surface area (Å²) < 4.78 is 0. The number of hydrogen-bond acceptors (Lipinski definition) is 4. The molecule has 0 radical (unpaired) electrons. The SMILES string of the molecule is O=C(O)C(c1ccc(O)cc1)c1c2nc(c(-c3ccccc3)c3ccc([nH]3)c(-c3ccccc3)c3nc(c(-c4ccccc4)c4ccc1[nH]4)C=C3)C=C2.[Zn]. The Balaban J connectivity index is 0.00000413. The third-order valence-corrected chi connectivity index (χ3v) is 9.74. The van der Waals surface area contributed by atoms with E-state index in [1.807, 2.05) is 85.0 Å². The molecule has 7 nitrogen and oxygen atoms in total. The summed E-state index contributed by atoms with van der Waals surface area (Å²) in [7, 11) is 0. The van der Waals surface area contributed by atoms with Crippen LogP contribution in [0.4, 0.5) is 0 Å². The third kappa shape index (κ3) is 6.27. The summed E-state index contributed by atoms with van der Waals surface area (Å²) in [5.74, 6) is -2.09. The Bertz CT molecular complexity index is 2720. The molecular formula is C46H32N4O3Zn. The number of nitrogens with zero attached hydrogens (tertiary/aromatic N) is 2. The van der Waals surface area contributed by atoms with E-state index in [9.17, 15) is 15.0 Å². The van der Waals surface area contributed by atoms with Crippen LogP contribution in [0.3, 0.4) is 0 Å². The third-order valence-electron chi connectivity index (χ3n) is 9.74. The van der Waals surface area contributed by atoms with E-state index in [1.54, 1.807) is 12.1 Å². The first-order chi connectivity index (χ1) is 26.0. The molecule has 0 saturated carbocycles. The van der Waals surface area contributed by atoms with Gasteiger partial charge in [-0.2, -0.15) is 0 Å². The number of aliphatic carboxylic acids is 1. The summed E-state index contributed by atoms with van der Waals surface area (Å²) in [4.78, 5) is 31.1. The van der Waals surface area contributed by atoms with Crippen molar-refractivity contribution in [3.63, 3.8) is 0 Å². The van der Waals surface area contributed by atoms with Crippen molar-refractivity contribution < 1.29 is 34.5 Å². The molecule has 3 aromatic heterocycles. The average Bonchev–Trinajstić information content (AvgIpc) is 4.03. The molecule has 8 heteroatoms. The van der Waals surface area contributed by atoms with E-state index in [-0.39, 0.29) is 25.2 Å². The number of nitrogens with one attached hydrogen (secondary N) is 2. The fraction of sp³-hybridized carbons (Fsp3) is 0.0217. The number of H-pyrrole nitrogens is 2. The normalized spacial score (nSPS) is 12.3. The molecule has 0 fully saturated rings. The number of carboxylic acid groups (broad SMARTS) is 1. The zero-order valence-electron chi connectivity index (χ0n) is 29.1. The zero-order chi connectivity index (χ0) is 35.9. The fourth-order valence-electron chi connectivity index (χ4n) is 7.36. The Morgan fingerprint density at radius 3 is 1.28 bits per heavy atom. The number of aromatic nitrogens is 4. The largest absolute Gasteiger partial charge is 0.508 e. The van der Waals surface area contributed by atoms with Gasteiger partial charge in [0.25, 0.3) is 0 Å². The van der Waals surface area contributed by atoms with Crippen LogP contribution < -0.4 is 0 Å². The molecule has 2 aliphatic heterocycles. The molecule has 4 N–H and O–H groups in total. The number of aromatic hydroxyl groups is 1. The van der Waals surface area contributed by atoms with Crippen molar-refractivity contribution in [1.29, 1.82) is 0 Å². The minimum Gasteiger partial charge on any atom is -0.508 e. The van der Waals surface area contributed by atoms with Crippen molar-refractivity contribution in [2.75, 3.05) is 0 Å². The van der Waals surface area contributed by atoms with Gasteiger partial charge in [-0.25, -0.2) is 9.97 Å². The molecule has 54 heavy (non-hydrogen) atoms. The van der Waals surface area contributed by atoms with Crippen LogP contribution in [0.15, 0.2) is 140 Å². The minimum atomic E-state index is -1.10. The van der Waals surface area contributed by atoms with E-state index in [2.05, 4.69) is 64.6 Å². The van der Waals surface area contributed by atoms with Crippen molar-refractivity contribution in [2.45, 2.75) is 5.92 Å². The number of rotatable bonds is 6. The van der Waals surface area contributed by atoms with E-state index in [1.165, 1.54) is 12.1 Å². The fourth-order valence-corrected chi connectivity index (χ4v) is 7.36. The molecule has 1 unspecified atom stereocenters. The maximum absolute atomic E-state index is 13.3. The summed E-state index contributed by atoms with van der Waals surface area (Å²) in [6.45, 7) is 0. The second-order valence-electron chi connectivity index (χ2n) is 13.0. The van der Waals surface area contributed by atoms with E-state index in [4.69, 9.17) is 9.97 Å². The van der Waals surface area contributed by atoms with Crippen LogP contribution in [0.1, 0.15) is 39.8 Å². The Hall–Kier alpha value is -6.63. The van der Waals surface area contributed by atoms with Crippen LogP contribution in [0.2, 0.25) is 0 Å². The standard InChI is InChI=1S/C46H32N4O3.Zn/c51-32-18-16-31(17-19-32)44(46(52)53)45-39-26-24-37(49-39)42(29-12-6-2-7-13-29)35-22-20-33(47-35)41(28-10-4-1-5-11-28)34-21-23-36(48-34)43(30-14-8-3-9-15-30)38-25-27-40(45)50-38;/h1-27,44,47,50-51H,(H,52,53);. The second-order valence-corrected chi connectivity index (χ2v) is 13.0. The molecule has 2 aliphatic rings.